The highest BCUT2D eigenvalue weighted by Gasteiger charge is 2.27. The molecule has 1 aromatic heterocycles. The van der Waals surface area contributed by atoms with Crippen molar-refractivity contribution in [2.45, 2.75) is 12.7 Å². The maximum Gasteiger partial charge on any atom is 0.411 e. The summed E-state index contributed by atoms with van der Waals surface area (Å²) in [4.78, 5) is 0. The van der Waals surface area contributed by atoms with Gasteiger partial charge in [0.25, 0.3) is 0 Å². The third kappa shape index (κ3) is 3.49. The first kappa shape index (κ1) is 13.4. The Labute approximate surface area is 110 Å². The SMILES string of the molecule is FC(F)(F)COCCn1ccc2ccc(Br)cc21. The average molecular weight is 322 g/mol. The topological polar surface area (TPSA) is 14.2 Å². The minimum Gasteiger partial charge on any atom is -0.370 e. The van der Waals surface area contributed by atoms with E-state index in [1.165, 1.54) is 0 Å². The Kier molecular flexibility index (Phi) is 3.97. The quantitative estimate of drug-likeness (QED) is 0.777. The van der Waals surface area contributed by atoms with Crippen LogP contribution in [-0.2, 0) is 11.3 Å². The van der Waals surface area contributed by atoms with Gasteiger partial charge in [-0.15, -0.1) is 0 Å². The van der Waals surface area contributed by atoms with E-state index in [2.05, 4.69) is 20.7 Å². The van der Waals surface area contributed by atoms with E-state index < -0.39 is 12.8 Å². The van der Waals surface area contributed by atoms with E-state index in [9.17, 15) is 13.2 Å². The van der Waals surface area contributed by atoms with Gasteiger partial charge in [-0.2, -0.15) is 13.2 Å². The van der Waals surface area contributed by atoms with Gasteiger partial charge in [0.05, 0.1) is 6.61 Å². The van der Waals surface area contributed by atoms with Crippen LogP contribution in [0.3, 0.4) is 0 Å². The molecule has 0 saturated heterocycles. The third-order valence-electron chi connectivity index (χ3n) is 2.48. The molecular weight excluding hydrogens is 311 g/mol. The molecule has 0 N–H and O–H groups in total. The first-order valence-corrected chi connectivity index (χ1v) is 6.14. The predicted octanol–water partition coefficient (Wildman–Crippen LogP) is 3.98. The fourth-order valence-corrected chi connectivity index (χ4v) is 2.05. The highest BCUT2D eigenvalue weighted by atomic mass is 79.9. The average Bonchev–Trinajstić information content (AvgIpc) is 2.66. The van der Waals surface area contributed by atoms with Gasteiger partial charge in [0.2, 0.25) is 0 Å². The molecule has 0 amide bonds. The van der Waals surface area contributed by atoms with E-state index in [4.69, 9.17) is 0 Å². The molecule has 2 rings (SSSR count). The Morgan fingerprint density at radius 3 is 2.72 bits per heavy atom. The first-order valence-electron chi connectivity index (χ1n) is 5.34. The number of alkyl halides is 3. The Bertz CT molecular complexity index is 536. The van der Waals surface area contributed by atoms with Crippen molar-refractivity contribution in [3.8, 4) is 0 Å². The standard InChI is InChI=1S/C12H11BrF3NO/c13-10-2-1-9-3-4-17(11(9)7-10)5-6-18-8-12(14,15)16/h1-4,7H,5-6,8H2. The van der Waals surface area contributed by atoms with Crippen LogP contribution in [0.2, 0.25) is 0 Å². The van der Waals surface area contributed by atoms with Crippen LogP contribution in [0.15, 0.2) is 34.9 Å². The molecule has 18 heavy (non-hydrogen) atoms. The minimum absolute atomic E-state index is 0.0375. The maximum absolute atomic E-state index is 11.9. The second-order valence-corrected chi connectivity index (χ2v) is 4.80. The molecule has 0 atom stereocenters. The number of benzene rings is 1. The Morgan fingerprint density at radius 2 is 2.00 bits per heavy atom. The van der Waals surface area contributed by atoms with Gasteiger partial charge in [0.1, 0.15) is 6.61 Å². The van der Waals surface area contributed by atoms with Gasteiger partial charge in [-0.3, -0.25) is 0 Å². The van der Waals surface area contributed by atoms with Crippen molar-refractivity contribution in [3.05, 3.63) is 34.9 Å². The molecule has 0 aliphatic carbocycles. The maximum atomic E-state index is 11.9. The molecule has 2 aromatic rings. The molecule has 0 spiro atoms. The Balaban J connectivity index is 1.98. The van der Waals surface area contributed by atoms with Gasteiger partial charge in [0.15, 0.2) is 0 Å². The van der Waals surface area contributed by atoms with E-state index >= 15 is 0 Å². The van der Waals surface area contributed by atoms with E-state index in [1.807, 2.05) is 35.0 Å². The summed E-state index contributed by atoms with van der Waals surface area (Å²) < 4.78 is 43.1. The molecule has 0 radical (unpaired) electrons. The van der Waals surface area contributed by atoms with Crippen LogP contribution in [-0.4, -0.2) is 24.0 Å². The molecule has 1 aromatic carbocycles. The van der Waals surface area contributed by atoms with E-state index in [-0.39, 0.29) is 6.61 Å². The number of rotatable bonds is 4. The van der Waals surface area contributed by atoms with Gasteiger partial charge in [-0.05, 0) is 23.6 Å². The number of aromatic nitrogens is 1. The number of nitrogens with zero attached hydrogens (tertiary/aromatic N) is 1. The predicted molar refractivity (Wildman–Crippen MR) is 66.5 cm³/mol. The summed E-state index contributed by atoms with van der Waals surface area (Å²) in [6, 6.07) is 7.73. The van der Waals surface area contributed by atoms with Crippen molar-refractivity contribution in [2.75, 3.05) is 13.2 Å². The highest BCUT2D eigenvalue weighted by molar-refractivity contribution is 9.10. The molecule has 2 nitrogen and oxygen atoms in total. The minimum atomic E-state index is -4.26. The number of halogens is 4. The number of ether oxygens (including phenoxy) is 1. The number of hydrogen-bond donors (Lipinski definition) is 0. The van der Waals surface area contributed by atoms with Gasteiger partial charge >= 0.3 is 6.18 Å². The smallest absolute Gasteiger partial charge is 0.370 e. The number of hydrogen-bond acceptors (Lipinski definition) is 1. The fourth-order valence-electron chi connectivity index (χ4n) is 1.70. The van der Waals surface area contributed by atoms with Crippen LogP contribution in [0, 0.1) is 0 Å². The van der Waals surface area contributed by atoms with Crippen molar-refractivity contribution >= 4 is 26.8 Å². The fraction of sp³-hybridized carbons (Fsp3) is 0.333. The zero-order valence-electron chi connectivity index (χ0n) is 9.38. The van der Waals surface area contributed by atoms with Gasteiger partial charge < -0.3 is 9.30 Å². The van der Waals surface area contributed by atoms with Crippen LogP contribution < -0.4 is 0 Å². The molecule has 0 bridgehead atoms. The van der Waals surface area contributed by atoms with E-state index in [1.54, 1.807) is 0 Å². The summed E-state index contributed by atoms with van der Waals surface area (Å²) in [5.74, 6) is 0. The molecule has 0 fully saturated rings. The summed E-state index contributed by atoms with van der Waals surface area (Å²) in [7, 11) is 0. The summed E-state index contributed by atoms with van der Waals surface area (Å²) in [5, 5.41) is 1.05. The summed E-state index contributed by atoms with van der Waals surface area (Å²) in [6.07, 6.45) is -2.42. The van der Waals surface area contributed by atoms with E-state index in [0.717, 1.165) is 15.4 Å². The summed E-state index contributed by atoms with van der Waals surface area (Å²) in [5.41, 5.74) is 0.972. The van der Waals surface area contributed by atoms with Crippen LogP contribution in [0.25, 0.3) is 10.9 Å². The van der Waals surface area contributed by atoms with Crippen molar-refractivity contribution in [3.63, 3.8) is 0 Å². The molecule has 0 aliphatic heterocycles. The van der Waals surface area contributed by atoms with Crippen molar-refractivity contribution in [2.24, 2.45) is 0 Å². The largest absolute Gasteiger partial charge is 0.411 e. The summed E-state index contributed by atoms with van der Waals surface area (Å²) in [6.45, 7) is -0.762. The lowest BCUT2D eigenvalue weighted by atomic mass is 10.2. The van der Waals surface area contributed by atoms with Crippen LogP contribution in [0.5, 0.6) is 0 Å². The third-order valence-corrected chi connectivity index (χ3v) is 2.97. The lowest BCUT2D eigenvalue weighted by Crippen LogP contribution is -2.18. The van der Waals surface area contributed by atoms with Gasteiger partial charge in [-0.25, -0.2) is 0 Å². The monoisotopic (exact) mass is 321 g/mol. The lowest BCUT2D eigenvalue weighted by molar-refractivity contribution is -0.174. The Morgan fingerprint density at radius 1 is 1.22 bits per heavy atom. The second kappa shape index (κ2) is 5.32. The first-order chi connectivity index (χ1) is 8.46. The zero-order valence-corrected chi connectivity index (χ0v) is 11.0. The summed E-state index contributed by atoms with van der Waals surface area (Å²) >= 11 is 3.37. The second-order valence-electron chi connectivity index (χ2n) is 3.88. The van der Waals surface area contributed by atoms with Crippen molar-refractivity contribution < 1.29 is 17.9 Å². The molecule has 98 valence electrons. The number of fused-ring (bicyclic) bond motifs is 1. The highest BCUT2D eigenvalue weighted by Crippen LogP contribution is 2.21. The zero-order chi connectivity index (χ0) is 13.2. The molecule has 0 aliphatic rings. The van der Waals surface area contributed by atoms with Crippen LogP contribution in [0.1, 0.15) is 0 Å². The van der Waals surface area contributed by atoms with Crippen LogP contribution >= 0.6 is 15.9 Å². The van der Waals surface area contributed by atoms with Crippen molar-refractivity contribution in [1.29, 1.82) is 0 Å². The lowest BCUT2D eigenvalue weighted by Gasteiger charge is -2.09. The van der Waals surface area contributed by atoms with Gasteiger partial charge in [-0.1, -0.05) is 22.0 Å². The molecule has 0 saturated carbocycles. The van der Waals surface area contributed by atoms with E-state index in [0.29, 0.717) is 6.54 Å². The van der Waals surface area contributed by atoms with Crippen molar-refractivity contribution in [1.82, 2.24) is 4.57 Å². The molecule has 0 unspecified atom stereocenters. The molecular formula is C12H11BrF3NO. The van der Waals surface area contributed by atoms with Gasteiger partial charge in [0, 0.05) is 22.7 Å². The normalized spacial score (nSPS) is 12.2. The Hall–Kier alpha value is -1.01. The van der Waals surface area contributed by atoms with Crippen LogP contribution in [0.4, 0.5) is 13.2 Å². The molecule has 1 heterocycles. The molecule has 6 heteroatoms.